The van der Waals surface area contributed by atoms with Gasteiger partial charge in [0.1, 0.15) is 18.1 Å². The number of nitrogens with two attached hydrogens (primary N) is 1. The Morgan fingerprint density at radius 2 is 1.44 bits per heavy atom. The number of hydrogen-bond acceptors (Lipinski definition) is 6. The zero-order valence-corrected chi connectivity index (χ0v) is 19.6. The number of amides is 3. The van der Waals surface area contributed by atoms with Crippen molar-refractivity contribution in [1.82, 2.24) is 16.0 Å². The van der Waals surface area contributed by atoms with Crippen LogP contribution in [0.4, 0.5) is 0 Å². The Hall–Kier alpha value is -3.47. The average Bonchev–Trinajstić information content (AvgIpc) is 2.75. The van der Waals surface area contributed by atoms with Crippen LogP contribution in [0.5, 0.6) is 0 Å². The molecule has 0 spiro atoms. The van der Waals surface area contributed by atoms with Crippen molar-refractivity contribution in [2.45, 2.75) is 70.6 Å². The topological polar surface area (TPSA) is 188 Å². The summed E-state index contributed by atoms with van der Waals surface area (Å²) in [6.45, 7) is 5.08. The third-order valence-corrected chi connectivity index (χ3v) is 4.99. The van der Waals surface area contributed by atoms with E-state index >= 15 is 0 Å². The van der Waals surface area contributed by atoms with Crippen molar-refractivity contribution in [2.24, 2.45) is 11.7 Å². The Balaban J connectivity index is 2.75. The molecule has 0 aliphatic rings. The van der Waals surface area contributed by atoms with E-state index in [1.165, 1.54) is 6.92 Å². The number of nitrogens with one attached hydrogen (secondary N) is 3. The Labute approximate surface area is 198 Å². The molecule has 1 aromatic rings. The minimum absolute atomic E-state index is 0.0254. The van der Waals surface area contributed by atoms with E-state index in [2.05, 4.69) is 16.0 Å². The van der Waals surface area contributed by atoms with E-state index in [0.29, 0.717) is 0 Å². The lowest BCUT2D eigenvalue weighted by atomic mass is 10.0. The van der Waals surface area contributed by atoms with Gasteiger partial charge >= 0.3 is 11.9 Å². The maximum Gasteiger partial charge on any atom is 0.326 e. The second kappa shape index (κ2) is 13.9. The maximum atomic E-state index is 12.7. The fourth-order valence-corrected chi connectivity index (χ4v) is 3.14. The highest BCUT2D eigenvalue weighted by atomic mass is 16.4. The summed E-state index contributed by atoms with van der Waals surface area (Å²) in [4.78, 5) is 59.9. The molecule has 34 heavy (non-hydrogen) atoms. The molecule has 3 amide bonds. The molecule has 188 valence electrons. The molecule has 0 aliphatic heterocycles. The summed E-state index contributed by atoms with van der Waals surface area (Å²) in [5.41, 5.74) is 6.81. The summed E-state index contributed by atoms with van der Waals surface area (Å²) >= 11 is 0. The van der Waals surface area contributed by atoms with Crippen LogP contribution in [-0.4, -0.2) is 64.0 Å². The molecule has 1 rings (SSSR count). The Morgan fingerprint density at radius 1 is 0.853 bits per heavy atom. The third kappa shape index (κ3) is 10.4. The fraction of sp³-hybridized carbons (Fsp3) is 0.522. The van der Waals surface area contributed by atoms with Gasteiger partial charge in [-0.2, -0.15) is 0 Å². The molecule has 0 aliphatic carbocycles. The second-order valence-electron chi connectivity index (χ2n) is 8.55. The largest absolute Gasteiger partial charge is 0.481 e. The fourth-order valence-electron chi connectivity index (χ4n) is 3.14. The van der Waals surface area contributed by atoms with E-state index in [0.717, 1.165) is 5.56 Å². The molecule has 11 nitrogen and oxygen atoms in total. The first-order chi connectivity index (χ1) is 15.9. The molecule has 0 saturated heterocycles. The van der Waals surface area contributed by atoms with E-state index in [1.54, 1.807) is 0 Å². The van der Waals surface area contributed by atoms with Crippen LogP contribution in [0.3, 0.4) is 0 Å². The highest BCUT2D eigenvalue weighted by molar-refractivity contribution is 5.94. The molecule has 0 heterocycles. The van der Waals surface area contributed by atoms with Gasteiger partial charge in [0, 0.05) is 6.42 Å². The van der Waals surface area contributed by atoms with Crippen LogP contribution in [0.1, 0.15) is 45.6 Å². The van der Waals surface area contributed by atoms with E-state index in [1.807, 2.05) is 44.2 Å². The van der Waals surface area contributed by atoms with Crippen LogP contribution >= 0.6 is 0 Å². The van der Waals surface area contributed by atoms with Crippen molar-refractivity contribution in [3.05, 3.63) is 35.9 Å². The van der Waals surface area contributed by atoms with Crippen LogP contribution < -0.4 is 21.7 Å². The van der Waals surface area contributed by atoms with E-state index in [-0.39, 0.29) is 25.2 Å². The number of hydrogen-bond donors (Lipinski definition) is 6. The first kappa shape index (κ1) is 28.6. The molecule has 0 aromatic heterocycles. The smallest absolute Gasteiger partial charge is 0.326 e. The van der Waals surface area contributed by atoms with Crippen molar-refractivity contribution in [3.8, 4) is 0 Å². The molecule has 4 atom stereocenters. The van der Waals surface area contributed by atoms with Gasteiger partial charge in [-0.1, -0.05) is 44.2 Å². The molecule has 0 saturated carbocycles. The molecule has 0 fully saturated rings. The Morgan fingerprint density at radius 3 is 1.97 bits per heavy atom. The number of carboxylic acids is 2. The average molecular weight is 479 g/mol. The zero-order chi connectivity index (χ0) is 25.8. The van der Waals surface area contributed by atoms with Crippen LogP contribution in [0.15, 0.2) is 30.3 Å². The normalized spacial score (nSPS) is 14.4. The molecule has 1 aromatic carbocycles. The SMILES string of the molecule is CC(C)CC(NC(=O)C(C)NC(=O)C(N)Cc1ccccc1)C(=O)NC(CCC(=O)O)C(=O)O. The summed E-state index contributed by atoms with van der Waals surface area (Å²) < 4.78 is 0. The molecule has 4 unspecified atom stereocenters. The molecular formula is C23H34N4O7. The predicted molar refractivity (Wildman–Crippen MR) is 124 cm³/mol. The number of rotatable bonds is 14. The predicted octanol–water partition coefficient (Wildman–Crippen LogP) is 0.0262. The standard InChI is InChI=1S/C23H34N4O7/c1-13(2)11-18(22(32)26-17(23(33)34)9-10-19(28)29)27-20(30)14(3)25-21(31)16(24)12-15-7-5-4-6-8-15/h4-8,13-14,16-18H,9-12,24H2,1-3H3,(H,25,31)(H,26,32)(H,27,30)(H,28,29)(H,33,34). The van der Waals surface area contributed by atoms with E-state index in [4.69, 9.17) is 10.8 Å². The third-order valence-electron chi connectivity index (χ3n) is 4.99. The van der Waals surface area contributed by atoms with Crippen molar-refractivity contribution in [2.75, 3.05) is 0 Å². The summed E-state index contributed by atoms with van der Waals surface area (Å²) in [6.07, 6.45) is -0.251. The summed E-state index contributed by atoms with van der Waals surface area (Å²) in [5.74, 6) is -4.52. The van der Waals surface area contributed by atoms with Crippen molar-refractivity contribution in [1.29, 1.82) is 0 Å². The Bertz CT molecular complexity index is 860. The van der Waals surface area contributed by atoms with Crippen molar-refractivity contribution >= 4 is 29.7 Å². The molecular weight excluding hydrogens is 444 g/mol. The van der Waals surface area contributed by atoms with Crippen molar-refractivity contribution < 1.29 is 34.2 Å². The molecule has 0 radical (unpaired) electrons. The zero-order valence-electron chi connectivity index (χ0n) is 19.6. The number of benzene rings is 1. The molecule has 0 bridgehead atoms. The first-order valence-electron chi connectivity index (χ1n) is 11.1. The summed E-state index contributed by atoms with van der Waals surface area (Å²) in [6, 6.07) is 4.80. The van der Waals surface area contributed by atoms with Gasteiger partial charge in [0.2, 0.25) is 17.7 Å². The van der Waals surface area contributed by atoms with Gasteiger partial charge in [-0.3, -0.25) is 19.2 Å². The van der Waals surface area contributed by atoms with Crippen LogP contribution in [0, 0.1) is 5.92 Å². The highest BCUT2D eigenvalue weighted by Gasteiger charge is 2.29. The van der Waals surface area contributed by atoms with E-state index in [9.17, 15) is 29.1 Å². The van der Waals surface area contributed by atoms with Gasteiger partial charge in [-0.25, -0.2) is 4.79 Å². The number of carboxylic acid groups (broad SMARTS) is 2. The quantitative estimate of drug-likeness (QED) is 0.216. The van der Waals surface area contributed by atoms with Gasteiger partial charge in [0.05, 0.1) is 6.04 Å². The van der Waals surface area contributed by atoms with Gasteiger partial charge in [0.15, 0.2) is 0 Å². The minimum atomic E-state index is -1.41. The number of carbonyl (C=O) groups is 5. The molecule has 11 heteroatoms. The lowest BCUT2D eigenvalue weighted by molar-refractivity contribution is -0.143. The lowest BCUT2D eigenvalue weighted by Crippen LogP contribution is -2.56. The summed E-state index contributed by atoms with van der Waals surface area (Å²) in [7, 11) is 0. The van der Waals surface area contributed by atoms with E-state index < -0.39 is 60.2 Å². The Kier molecular flexibility index (Phi) is 11.7. The maximum absolute atomic E-state index is 12.7. The van der Waals surface area contributed by atoms with Crippen molar-refractivity contribution in [3.63, 3.8) is 0 Å². The van der Waals surface area contributed by atoms with Gasteiger partial charge < -0.3 is 31.9 Å². The van der Waals surface area contributed by atoms with Gasteiger partial charge in [-0.05, 0) is 37.7 Å². The minimum Gasteiger partial charge on any atom is -0.481 e. The van der Waals surface area contributed by atoms with Crippen LogP contribution in [0.25, 0.3) is 0 Å². The number of aliphatic carboxylic acids is 2. The second-order valence-corrected chi connectivity index (χ2v) is 8.55. The van der Waals surface area contributed by atoms with Crippen LogP contribution in [-0.2, 0) is 30.4 Å². The highest BCUT2D eigenvalue weighted by Crippen LogP contribution is 2.08. The number of carbonyl (C=O) groups excluding carboxylic acids is 3. The monoisotopic (exact) mass is 478 g/mol. The van der Waals surface area contributed by atoms with Gasteiger partial charge in [0.25, 0.3) is 0 Å². The lowest BCUT2D eigenvalue weighted by Gasteiger charge is -2.24. The molecule has 7 N–H and O–H groups in total. The summed E-state index contributed by atoms with van der Waals surface area (Å²) in [5, 5.41) is 25.4. The van der Waals surface area contributed by atoms with Crippen LogP contribution in [0.2, 0.25) is 0 Å². The first-order valence-corrected chi connectivity index (χ1v) is 11.1. The van der Waals surface area contributed by atoms with Gasteiger partial charge in [-0.15, -0.1) is 0 Å².